The molecule has 1 aliphatic rings. The van der Waals surface area contributed by atoms with Gasteiger partial charge >= 0.3 is 0 Å². The SMILES string of the molecule is CC(=O)[O-].Cc1c2cc[n+](C3OC(C)C(O)C(O)C3O)cc2c(C)c2c1[nH]c1ccc(O)cc12. The molecule has 5 unspecified atom stereocenters. The lowest BCUT2D eigenvalue weighted by atomic mass is 9.96. The molecule has 0 aliphatic carbocycles. The van der Waals surface area contributed by atoms with Crippen molar-refractivity contribution >= 4 is 38.5 Å². The van der Waals surface area contributed by atoms with Crippen LogP contribution in [0.25, 0.3) is 32.6 Å². The number of H-pyrrole nitrogens is 1. The van der Waals surface area contributed by atoms with Crippen LogP contribution in [0.1, 0.15) is 31.2 Å². The van der Waals surface area contributed by atoms with Gasteiger partial charge in [-0.3, -0.25) is 0 Å². The molecule has 5 atom stereocenters. The number of hydrogen-bond donors (Lipinski definition) is 5. The summed E-state index contributed by atoms with van der Waals surface area (Å²) in [5.74, 6) is -0.871. The number of carbonyl (C=O) groups excluding carboxylic acids is 1. The number of phenols is 1. The van der Waals surface area contributed by atoms with Crippen molar-refractivity contribution in [2.45, 2.75) is 58.3 Å². The van der Waals surface area contributed by atoms with Crippen molar-refractivity contribution in [3.8, 4) is 5.75 Å². The van der Waals surface area contributed by atoms with Crippen LogP contribution in [-0.4, -0.2) is 55.8 Å². The van der Waals surface area contributed by atoms with Crippen LogP contribution in [0, 0.1) is 13.8 Å². The van der Waals surface area contributed by atoms with Crippen LogP contribution in [0.5, 0.6) is 5.75 Å². The van der Waals surface area contributed by atoms with Crippen molar-refractivity contribution in [1.82, 2.24) is 4.98 Å². The Balaban J connectivity index is 0.000000636. The van der Waals surface area contributed by atoms with E-state index in [0.29, 0.717) is 0 Å². The number of nitrogens with one attached hydrogen (secondary N) is 1. The lowest BCUT2D eigenvalue weighted by Crippen LogP contribution is -2.61. The number of pyridine rings is 1. The minimum absolute atomic E-state index is 0.212. The normalized spacial score (nSPS) is 24.9. The molecule has 1 aliphatic heterocycles. The molecule has 2 aromatic carbocycles. The smallest absolute Gasteiger partial charge is 0.291 e. The zero-order valence-corrected chi connectivity index (χ0v) is 19.3. The summed E-state index contributed by atoms with van der Waals surface area (Å²) in [6.07, 6.45) is -1.38. The second kappa shape index (κ2) is 8.84. The first-order valence-corrected chi connectivity index (χ1v) is 11.0. The molecule has 5 rings (SSSR count). The summed E-state index contributed by atoms with van der Waals surface area (Å²) in [6, 6.07) is 7.27. The number of carboxylic acid groups (broad SMARTS) is 1. The van der Waals surface area contributed by atoms with Crippen molar-refractivity contribution in [1.29, 1.82) is 0 Å². The van der Waals surface area contributed by atoms with E-state index in [1.165, 1.54) is 0 Å². The summed E-state index contributed by atoms with van der Waals surface area (Å²) in [5.41, 5.74) is 4.10. The Morgan fingerprint density at radius 1 is 1.03 bits per heavy atom. The fourth-order valence-electron chi connectivity index (χ4n) is 4.69. The van der Waals surface area contributed by atoms with Gasteiger partial charge in [0.15, 0.2) is 18.5 Å². The fourth-order valence-corrected chi connectivity index (χ4v) is 4.69. The molecule has 5 N–H and O–H groups in total. The predicted octanol–water partition coefficient (Wildman–Crippen LogP) is 0.840. The van der Waals surface area contributed by atoms with E-state index in [-0.39, 0.29) is 5.75 Å². The highest BCUT2D eigenvalue weighted by Crippen LogP contribution is 2.37. The van der Waals surface area contributed by atoms with E-state index in [4.69, 9.17) is 14.6 Å². The Labute approximate surface area is 195 Å². The van der Waals surface area contributed by atoms with Crippen LogP contribution < -0.4 is 9.67 Å². The number of nitrogens with zero attached hydrogens (tertiary/aromatic N) is 1. The van der Waals surface area contributed by atoms with Crippen LogP contribution >= 0.6 is 0 Å². The maximum absolute atomic E-state index is 10.5. The highest BCUT2D eigenvalue weighted by molar-refractivity contribution is 6.16. The van der Waals surface area contributed by atoms with E-state index in [2.05, 4.69) is 11.9 Å². The van der Waals surface area contributed by atoms with Gasteiger partial charge in [-0.25, -0.2) is 0 Å². The number of fused-ring (bicyclic) bond motifs is 4. The third-order valence-corrected chi connectivity index (χ3v) is 6.44. The first-order valence-electron chi connectivity index (χ1n) is 11.0. The molecule has 1 saturated heterocycles. The van der Waals surface area contributed by atoms with Gasteiger partial charge in [0.1, 0.15) is 18.0 Å². The molecule has 0 spiro atoms. The van der Waals surface area contributed by atoms with E-state index in [9.17, 15) is 20.4 Å². The first kappa shape index (κ1) is 23.9. The largest absolute Gasteiger partial charge is 0.550 e. The Morgan fingerprint density at radius 2 is 1.71 bits per heavy atom. The molecular weight excluding hydrogens is 440 g/mol. The minimum Gasteiger partial charge on any atom is -0.550 e. The van der Waals surface area contributed by atoms with Gasteiger partial charge in [-0.05, 0) is 62.4 Å². The number of aliphatic hydroxyl groups is 3. The molecule has 1 fully saturated rings. The number of rotatable bonds is 1. The van der Waals surface area contributed by atoms with E-state index in [1.54, 1.807) is 23.6 Å². The molecule has 4 aromatic rings. The van der Waals surface area contributed by atoms with Gasteiger partial charge in [-0.2, -0.15) is 4.57 Å². The summed E-state index contributed by atoms with van der Waals surface area (Å²) in [4.78, 5) is 12.4. The summed E-state index contributed by atoms with van der Waals surface area (Å²) < 4.78 is 7.55. The fraction of sp³-hybridized carbons (Fsp3) is 0.360. The number of aliphatic hydroxyl groups excluding tert-OH is 3. The number of aromatic hydroxyl groups is 1. The summed E-state index contributed by atoms with van der Waals surface area (Å²) in [5, 5.41) is 53.6. The number of phenolic OH excluding ortho intramolecular Hbond substituents is 1. The molecule has 9 nitrogen and oxygen atoms in total. The molecule has 34 heavy (non-hydrogen) atoms. The van der Waals surface area contributed by atoms with E-state index < -0.39 is 36.6 Å². The molecule has 180 valence electrons. The second-order valence-corrected chi connectivity index (χ2v) is 8.77. The van der Waals surface area contributed by atoms with Gasteiger partial charge in [-0.1, -0.05) is 0 Å². The highest BCUT2D eigenvalue weighted by atomic mass is 16.5. The minimum atomic E-state index is -1.29. The molecule has 3 heterocycles. The number of ether oxygens (including phenoxy) is 1. The summed E-state index contributed by atoms with van der Waals surface area (Å²) in [6.45, 7) is 6.73. The number of aryl methyl sites for hydroxylation is 2. The molecule has 0 saturated carbocycles. The van der Waals surface area contributed by atoms with Crippen molar-refractivity contribution < 1.29 is 39.6 Å². The Bertz CT molecular complexity index is 1390. The topological polar surface area (TPSA) is 150 Å². The lowest BCUT2D eigenvalue weighted by Gasteiger charge is -2.36. The zero-order valence-electron chi connectivity index (χ0n) is 19.3. The van der Waals surface area contributed by atoms with Crippen molar-refractivity contribution in [3.63, 3.8) is 0 Å². The standard InChI is InChI=1S/C23H24N2O5.C2H4O2/c1-10-16-9-25(23-22(29)21(28)20(27)12(3)30-23)7-6-14(16)11(2)19-18(10)15-8-13(26)4-5-17(15)24-19;1-2(3)4/h4-9,12,20-23,26-29H,1-3H3;1H3,(H,3,4). The van der Waals surface area contributed by atoms with Gasteiger partial charge in [0.25, 0.3) is 6.23 Å². The summed E-state index contributed by atoms with van der Waals surface area (Å²) >= 11 is 0. The first-order chi connectivity index (χ1) is 16.0. The van der Waals surface area contributed by atoms with Gasteiger partial charge in [0.05, 0.1) is 11.6 Å². The Morgan fingerprint density at radius 3 is 2.38 bits per heavy atom. The number of aliphatic carboxylic acids is 1. The molecule has 0 amide bonds. The number of benzene rings is 2. The van der Waals surface area contributed by atoms with Crippen LogP contribution in [-0.2, 0) is 9.53 Å². The molecule has 2 aromatic heterocycles. The maximum Gasteiger partial charge on any atom is 0.291 e. The van der Waals surface area contributed by atoms with Crippen molar-refractivity contribution in [3.05, 3.63) is 47.8 Å². The second-order valence-electron chi connectivity index (χ2n) is 8.77. The molecule has 0 bridgehead atoms. The molecule has 0 radical (unpaired) electrons. The highest BCUT2D eigenvalue weighted by Gasteiger charge is 2.46. The van der Waals surface area contributed by atoms with Gasteiger partial charge in [0.2, 0.25) is 0 Å². The number of aromatic nitrogens is 2. The van der Waals surface area contributed by atoms with Crippen LogP contribution in [0.4, 0.5) is 0 Å². The van der Waals surface area contributed by atoms with Crippen molar-refractivity contribution in [2.75, 3.05) is 0 Å². The average Bonchev–Trinajstić information content (AvgIpc) is 3.17. The third kappa shape index (κ3) is 3.97. The van der Waals surface area contributed by atoms with E-state index in [1.807, 2.05) is 31.5 Å². The Kier molecular flexibility index (Phi) is 6.22. The van der Waals surface area contributed by atoms with Crippen LogP contribution in [0.2, 0.25) is 0 Å². The third-order valence-electron chi connectivity index (χ3n) is 6.44. The number of aromatic amines is 1. The number of carboxylic acids is 1. The Hall–Kier alpha value is -3.24. The van der Waals surface area contributed by atoms with Gasteiger partial charge in [0, 0.05) is 33.7 Å². The van der Waals surface area contributed by atoms with Gasteiger partial charge < -0.3 is 40.0 Å². The van der Waals surface area contributed by atoms with Crippen molar-refractivity contribution in [2.24, 2.45) is 0 Å². The van der Waals surface area contributed by atoms with E-state index in [0.717, 1.165) is 50.6 Å². The maximum atomic E-state index is 10.5. The van der Waals surface area contributed by atoms with Gasteiger partial charge in [-0.15, -0.1) is 0 Å². The average molecular weight is 469 g/mol. The summed E-state index contributed by atoms with van der Waals surface area (Å²) in [7, 11) is 0. The number of hydrogen-bond acceptors (Lipinski definition) is 7. The zero-order chi connectivity index (χ0) is 24.9. The monoisotopic (exact) mass is 468 g/mol. The lowest BCUT2D eigenvalue weighted by molar-refractivity contribution is -0.776. The predicted molar refractivity (Wildman–Crippen MR) is 123 cm³/mol. The van der Waals surface area contributed by atoms with E-state index >= 15 is 0 Å². The van der Waals surface area contributed by atoms with Crippen LogP contribution in [0.3, 0.4) is 0 Å². The number of carbonyl (C=O) groups is 1. The molecular formula is C25H28N2O7. The molecule has 9 heteroatoms. The quantitative estimate of drug-likeness (QED) is 0.260. The van der Waals surface area contributed by atoms with Crippen LogP contribution in [0.15, 0.2) is 36.7 Å².